The van der Waals surface area contributed by atoms with Crippen LogP contribution in [0.3, 0.4) is 0 Å². The number of carbonyl (C=O) groups excluding carboxylic acids is 2. The third-order valence-electron chi connectivity index (χ3n) is 3.29. The number of rotatable bonds is 3. The highest BCUT2D eigenvalue weighted by Crippen LogP contribution is 2.15. The van der Waals surface area contributed by atoms with Gasteiger partial charge in [-0.15, -0.1) is 0 Å². The lowest BCUT2D eigenvalue weighted by atomic mass is 9.92. The Morgan fingerprint density at radius 2 is 2.06 bits per heavy atom. The van der Waals surface area contributed by atoms with Gasteiger partial charge >= 0.3 is 0 Å². The zero-order valence-electron chi connectivity index (χ0n) is 10.1. The topological polar surface area (TPSA) is 75.4 Å². The molecule has 2 amide bonds. The van der Waals surface area contributed by atoms with E-state index in [-0.39, 0.29) is 11.8 Å². The van der Waals surface area contributed by atoms with E-state index in [1.54, 1.807) is 4.90 Å². The Bertz CT molecular complexity index is 274. The molecule has 5 nitrogen and oxygen atoms in total. The lowest BCUT2D eigenvalue weighted by Crippen LogP contribution is -2.55. The van der Waals surface area contributed by atoms with Crippen molar-refractivity contribution in [3.8, 4) is 0 Å². The Morgan fingerprint density at radius 3 is 2.62 bits per heavy atom. The summed E-state index contributed by atoms with van der Waals surface area (Å²) >= 11 is 0. The number of nitrogens with two attached hydrogens (primary N) is 1. The van der Waals surface area contributed by atoms with Gasteiger partial charge in [-0.1, -0.05) is 13.8 Å². The van der Waals surface area contributed by atoms with Gasteiger partial charge in [0.25, 0.3) is 0 Å². The molecule has 0 spiro atoms. The van der Waals surface area contributed by atoms with Crippen molar-refractivity contribution in [2.45, 2.75) is 38.6 Å². The van der Waals surface area contributed by atoms with E-state index in [0.29, 0.717) is 38.9 Å². The van der Waals surface area contributed by atoms with E-state index in [1.165, 1.54) is 0 Å². The molecule has 92 valence electrons. The van der Waals surface area contributed by atoms with Crippen LogP contribution in [0.1, 0.15) is 33.1 Å². The Labute approximate surface area is 96.4 Å². The summed E-state index contributed by atoms with van der Waals surface area (Å²) in [4.78, 5) is 25.1. The van der Waals surface area contributed by atoms with Crippen molar-refractivity contribution in [1.29, 1.82) is 0 Å². The van der Waals surface area contributed by atoms with E-state index in [2.05, 4.69) is 5.32 Å². The highest BCUT2D eigenvalue weighted by Gasteiger charge is 2.34. The standard InChI is InChI=1S/C11H21N3O2/c1-3-11(12,4-2)10(16)14-7-5-9(15)13-6-8-14/h3-8,12H2,1-2H3,(H,13,15). The van der Waals surface area contributed by atoms with Gasteiger partial charge in [-0.05, 0) is 12.8 Å². The second kappa shape index (κ2) is 5.30. The van der Waals surface area contributed by atoms with Crippen molar-refractivity contribution < 1.29 is 9.59 Å². The number of nitrogens with zero attached hydrogens (tertiary/aromatic N) is 1. The summed E-state index contributed by atoms with van der Waals surface area (Å²) in [7, 11) is 0. The monoisotopic (exact) mass is 227 g/mol. The first-order valence-corrected chi connectivity index (χ1v) is 5.88. The van der Waals surface area contributed by atoms with E-state index in [1.807, 2.05) is 13.8 Å². The zero-order valence-corrected chi connectivity index (χ0v) is 10.1. The predicted octanol–water partition coefficient (Wildman–Crippen LogP) is -0.148. The van der Waals surface area contributed by atoms with Crippen LogP contribution in [0.15, 0.2) is 0 Å². The van der Waals surface area contributed by atoms with Gasteiger partial charge in [0.1, 0.15) is 0 Å². The van der Waals surface area contributed by atoms with Crippen molar-refractivity contribution in [3.63, 3.8) is 0 Å². The molecule has 0 aromatic heterocycles. The van der Waals surface area contributed by atoms with Gasteiger partial charge in [0, 0.05) is 26.1 Å². The Hall–Kier alpha value is -1.10. The van der Waals surface area contributed by atoms with E-state index in [4.69, 9.17) is 5.73 Å². The van der Waals surface area contributed by atoms with Gasteiger partial charge in [0.05, 0.1) is 5.54 Å². The van der Waals surface area contributed by atoms with E-state index in [0.717, 1.165) is 0 Å². The van der Waals surface area contributed by atoms with Crippen LogP contribution in [0.5, 0.6) is 0 Å². The molecule has 3 N–H and O–H groups in total. The average Bonchev–Trinajstić information content (AvgIpc) is 2.52. The summed E-state index contributed by atoms with van der Waals surface area (Å²) in [6, 6.07) is 0. The van der Waals surface area contributed by atoms with Crippen LogP contribution < -0.4 is 11.1 Å². The molecule has 1 saturated heterocycles. The molecule has 1 aliphatic heterocycles. The van der Waals surface area contributed by atoms with Gasteiger partial charge in [-0.3, -0.25) is 9.59 Å². The lowest BCUT2D eigenvalue weighted by molar-refractivity contribution is -0.137. The molecule has 0 aliphatic carbocycles. The Morgan fingerprint density at radius 1 is 1.44 bits per heavy atom. The van der Waals surface area contributed by atoms with E-state index >= 15 is 0 Å². The van der Waals surface area contributed by atoms with Gasteiger partial charge in [-0.2, -0.15) is 0 Å². The fraction of sp³-hybridized carbons (Fsp3) is 0.818. The molecule has 0 aromatic rings. The molecule has 5 heteroatoms. The van der Waals surface area contributed by atoms with Crippen LogP contribution in [0.25, 0.3) is 0 Å². The first kappa shape index (κ1) is 13.0. The molecule has 1 heterocycles. The molecule has 0 bridgehead atoms. The zero-order chi connectivity index (χ0) is 12.2. The number of hydrogen-bond acceptors (Lipinski definition) is 3. The molecule has 0 atom stereocenters. The van der Waals surface area contributed by atoms with E-state index in [9.17, 15) is 9.59 Å². The molecule has 16 heavy (non-hydrogen) atoms. The molecular formula is C11H21N3O2. The second-order valence-electron chi connectivity index (χ2n) is 4.26. The third kappa shape index (κ3) is 2.72. The highest BCUT2D eigenvalue weighted by atomic mass is 16.2. The minimum Gasteiger partial charge on any atom is -0.354 e. The van der Waals surface area contributed by atoms with Crippen LogP contribution in [0.2, 0.25) is 0 Å². The predicted molar refractivity (Wildman–Crippen MR) is 61.7 cm³/mol. The third-order valence-corrected chi connectivity index (χ3v) is 3.29. The fourth-order valence-corrected chi connectivity index (χ4v) is 1.84. The maximum Gasteiger partial charge on any atom is 0.242 e. The largest absolute Gasteiger partial charge is 0.354 e. The van der Waals surface area contributed by atoms with Crippen molar-refractivity contribution in [3.05, 3.63) is 0 Å². The van der Waals surface area contributed by atoms with Crippen LogP contribution in [0.4, 0.5) is 0 Å². The molecule has 0 radical (unpaired) electrons. The Balaban J connectivity index is 2.69. The van der Waals surface area contributed by atoms with Crippen LogP contribution in [0, 0.1) is 0 Å². The number of hydrogen-bond donors (Lipinski definition) is 2. The molecule has 1 fully saturated rings. The molecule has 0 aromatic carbocycles. The lowest BCUT2D eigenvalue weighted by Gasteiger charge is -2.32. The van der Waals surface area contributed by atoms with Gasteiger partial charge < -0.3 is 16.0 Å². The van der Waals surface area contributed by atoms with Crippen LogP contribution >= 0.6 is 0 Å². The van der Waals surface area contributed by atoms with Crippen molar-refractivity contribution >= 4 is 11.8 Å². The number of amides is 2. The average molecular weight is 227 g/mol. The minimum atomic E-state index is -0.770. The number of nitrogens with one attached hydrogen (secondary N) is 1. The minimum absolute atomic E-state index is 0.00548. The van der Waals surface area contributed by atoms with Crippen LogP contribution in [-0.4, -0.2) is 41.9 Å². The molecular weight excluding hydrogens is 206 g/mol. The SMILES string of the molecule is CCC(N)(CC)C(=O)N1CCNC(=O)CC1. The van der Waals surface area contributed by atoms with Gasteiger partial charge in [-0.25, -0.2) is 0 Å². The summed E-state index contributed by atoms with van der Waals surface area (Å²) in [5.41, 5.74) is 5.29. The maximum absolute atomic E-state index is 12.2. The van der Waals surface area contributed by atoms with E-state index < -0.39 is 5.54 Å². The molecule has 0 unspecified atom stereocenters. The summed E-state index contributed by atoms with van der Waals surface area (Å²) in [6.45, 7) is 5.40. The fourth-order valence-electron chi connectivity index (χ4n) is 1.84. The van der Waals surface area contributed by atoms with Crippen molar-refractivity contribution in [2.24, 2.45) is 5.73 Å². The smallest absolute Gasteiger partial charge is 0.242 e. The van der Waals surface area contributed by atoms with Crippen LogP contribution in [-0.2, 0) is 9.59 Å². The van der Waals surface area contributed by atoms with Crippen molar-refractivity contribution in [1.82, 2.24) is 10.2 Å². The van der Waals surface area contributed by atoms with Gasteiger partial charge in [0.15, 0.2) is 0 Å². The number of carbonyl (C=O) groups is 2. The van der Waals surface area contributed by atoms with Gasteiger partial charge in [0.2, 0.25) is 11.8 Å². The summed E-state index contributed by atoms with van der Waals surface area (Å²) in [5.74, 6) is -0.0279. The molecule has 0 saturated carbocycles. The summed E-state index contributed by atoms with van der Waals surface area (Å²) in [6.07, 6.45) is 1.62. The summed E-state index contributed by atoms with van der Waals surface area (Å²) < 4.78 is 0. The normalized spacial score (nSPS) is 17.9. The maximum atomic E-state index is 12.2. The molecule has 1 aliphatic rings. The Kier molecular flexibility index (Phi) is 4.29. The van der Waals surface area contributed by atoms with Crippen molar-refractivity contribution in [2.75, 3.05) is 19.6 Å². The second-order valence-corrected chi connectivity index (χ2v) is 4.26. The first-order valence-electron chi connectivity index (χ1n) is 5.88. The molecule has 1 rings (SSSR count). The summed E-state index contributed by atoms with van der Waals surface area (Å²) in [5, 5.41) is 2.74. The highest BCUT2D eigenvalue weighted by molar-refractivity contribution is 5.87. The first-order chi connectivity index (χ1) is 7.53. The quantitative estimate of drug-likeness (QED) is 0.704.